The molecule has 0 spiro atoms. The zero-order chi connectivity index (χ0) is 18.1. The van der Waals surface area contributed by atoms with E-state index in [-0.39, 0.29) is 24.0 Å². The molecule has 138 valence electrons. The number of carbonyl (C=O) groups excluding carboxylic acids is 2. The first kappa shape index (κ1) is 19.3. The van der Waals surface area contributed by atoms with Gasteiger partial charge in [-0.15, -0.1) is 0 Å². The van der Waals surface area contributed by atoms with Crippen molar-refractivity contribution in [2.45, 2.75) is 51.3 Å². The number of nitrogens with zero attached hydrogens (tertiary/aromatic N) is 1. The fourth-order valence-electron chi connectivity index (χ4n) is 3.09. The van der Waals surface area contributed by atoms with Gasteiger partial charge in [-0.2, -0.15) is 0 Å². The summed E-state index contributed by atoms with van der Waals surface area (Å²) in [5.74, 6) is -0.644. The van der Waals surface area contributed by atoms with Crippen molar-refractivity contribution in [3.63, 3.8) is 0 Å². The molecular formula is C18H27N3O4. The highest BCUT2D eigenvalue weighted by Gasteiger charge is 2.35. The van der Waals surface area contributed by atoms with E-state index in [0.29, 0.717) is 26.0 Å². The first-order chi connectivity index (χ1) is 12.1. The minimum absolute atomic E-state index is 0.0268. The van der Waals surface area contributed by atoms with Gasteiger partial charge in [0.2, 0.25) is 11.8 Å². The maximum Gasteiger partial charge on any atom is 0.246 e. The Hall–Kier alpha value is -1.99. The van der Waals surface area contributed by atoms with E-state index in [0.717, 1.165) is 18.4 Å². The van der Waals surface area contributed by atoms with Gasteiger partial charge in [0.05, 0.1) is 12.1 Å². The number of carbonyl (C=O) groups is 2. The van der Waals surface area contributed by atoms with Crippen LogP contribution < -0.4 is 10.6 Å². The number of rotatable bonds is 8. The van der Waals surface area contributed by atoms with Crippen molar-refractivity contribution in [3.8, 4) is 0 Å². The van der Waals surface area contributed by atoms with Crippen molar-refractivity contribution in [3.05, 3.63) is 30.1 Å². The first-order valence-corrected chi connectivity index (χ1v) is 8.82. The van der Waals surface area contributed by atoms with Crippen LogP contribution in [0.5, 0.6) is 0 Å². The fourth-order valence-corrected chi connectivity index (χ4v) is 3.09. The maximum atomic E-state index is 12.5. The molecule has 2 rings (SSSR count). The summed E-state index contributed by atoms with van der Waals surface area (Å²) in [5.41, 5.74) is 0.945. The predicted molar refractivity (Wildman–Crippen MR) is 92.5 cm³/mol. The average Bonchev–Trinajstić information content (AvgIpc) is 2.65. The van der Waals surface area contributed by atoms with Gasteiger partial charge in [-0.3, -0.25) is 14.6 Å². The van der Waals surface area contributed by atoms with Gasteiger partial charge in [0.15, 0.2) is 0 Å². The molecule has 0 bridgehead atoms. The number of aliphatic hydroxyl groups is 1. The number of aliphatic hydroxyl groups excluding tert-OH is 1. The summed E-state index contributed by atoms with van der Waals surface area (Å²) >= 11 is 0. The van der Waals surface area contributed by atoms with E-state index in [9.17, 15) is 9.59 Å². The van der Waals surface area contributed by atoms with Crippen molar-refractivity contribution in [2.75, 3.05) is 13.2 Å². The van der Waals surface area contributed by atoms with Gasteiger partial charge in [0.1, 0.15) is 6.61 Å². The third kappa shape index (κ3) is 6.10. The second-order valence-corrected chi connectivity index (χ2v) is 6.33. The van der Waals surface area contributed by atoms with E-state index in [1.807, 2.05) is 19.1 Å². The van der Waals surface area contributed by atoms with Crippen LogP contribution in [0.4, 0.5) is 0 Å². The van der Waals surface area contributed by atoms with Crippen LogP contribution in [0.15, 0.2) is 24.5 Å². The van der Waals surface area contributed by atoms with Crippen molar-refractivity contribution in [1.82, 2.24) is 15.6 Å². The third-order valence-electron chi connectivity index (χ3n) is 4.37. The Kier molecular flexibility index (Phi) is 7.81. The monoisotopic (exact) mass is 349 g/mol. The van der Waals surface area contributed by atoms with Crippen molar-refractivity contribution in [2.24, 2.45) is 5.92 Å². The van der Waals surface area contributed by atoms with Crippen molar-refractivity contribution < 1.29 is 19.4 Å². The summed E-state index contributed by atoms with van der Waals surface area (Å²) in [6.07, 6.45) is 6.14. The highest BCUT2D eigenvalue weighted by molar-refractivity contribution is 5.79. The number of hydrogen-bond acceptors (Lipinski definition) is 5. The molecule has 1 aromatic rings. The summed E-state index contributed by atoms with van der Waals surface area (Å²) < 4.78 is 5.81. The summed E-state index contributed by atoms with van der Waals surface area (Å²) in [6.45, 7) is 2.52. The van der Waals surface area contributed by atoms with Crippen LogP contribution in [0, 0.1) is 5.92 Å². The Bertz CT molecular complexity index is 553. The molecule has 2 amide bonds. The molecule has 1 aliphatic carbocycles. The molecule has 0 saturated heterocycles. The highest BCUT2D eigenvalue weighted by atomic mass is 16.5. The van der Waals surface area contributed by atoms with Crippen LogP contribution in [0.25, 0.3) is 0 Å². The fraction of sp³-hybridized carbons (Fsp3) is 0.611. The Balaban J connectivity index is 1.90. The number of pyridine rings is 1. The van der Waals surface area contributed by atoms with Gasteiger partial charge in [0, 0.05) is 31.5 Å². The SMILES string of the molecule is CCCO[C@@H]1CC[C@H](C(=O)NCc2cccnc2)C[C@H]1NC(=O)CO. The van der Waals surface area contributed by atoms with E-state index in [2.05, 4.69) is 15.6 Å². The Morgan fingerprint density at radius 3 is 2.92 bits per heavy atom. The van der Waals surface area contributed by atoms with Gasteiger partial charge in [-0.25, -0.2) is 0 Å². The molecule has 1 saturated carbocycles. The minimum Gasteiger partial charge on any atom is -0.387 e. The van der Waals surface area contributed by atoms with Crippen LogP contribution in [0.1, 0.15) is 38.2 Å². The summed E-state index contributed by atoms with van der Waals surface area (Å²) in [6, 6.07) is 3.49. The standard InChI is InChI=1S/C18H27N3O4/c1-2-8-25-16-6-5-14(9-15(16)21-17(23)12-22)18(24)20-11-13-4-3-7-19-10-13/h3-4,7,10,14-16,22H,2,5-6,8-9,11-12H2,1H3,(H,20,24)(H,21,23)/t14-,15+,16+/m0/s1. The molecular weight excluding hydrogens is 322 g/mol. The number of nitrogens with one attached hydrogen (secondary N) is 2. The zero-order valence-electron chi connectivity index (χ0n) is 14.6. The molecule has 1 heterocycles. The van der Waals surface area contributed by atoms with E-state index < -0.39 is 12.5 Å². The second-order valence-electron chi connectivity index (χ2n) is 6.33. The van der Waals surface area contributed by atoms with Gasteiger partial charge in [0.25, 0.3) is 0 Å². The minimum atomic E-state index is -0.561. The van der Waals surface area contributed by atoms with Crippen LogP contribution in [0.3, 0.4) is 0 Å². The lowest BCUT2D eigenvalue weighted by atomic mass is 9.83. The molecule has 0 aromatic carbocycles. The average molecular weight is 349 g/mol. The quantitative estimate of drug-likeness (QED) is 0.644. The Morgan fingerprint density at radius 2 is 2.24 bits per heavy atom. The topological polar surface area (TPSA) is 101 Å². The molecule has 0 radical (unpaired) electrons. The smallest absolute Gasteiger partial charge is 0.246 e. The highest BCUT2D eigenvalue weighted by Crippen LogP contribution is 2.27. The van der Waals surface area contributed by atoms with E-state index in [4.69, 9.17) is 9.84 Å². The number of amides is 2. The molecule has 7 nitrogen and oxygen atoms in total. The van der Waals surface area contributed by atoms with E-state index in [1.54, 1.807) is 12.4 Å². The van der Waals surface area contributed by atoms with Gasteiger partial charge >= 0.3 is 0 Å². The molecule has 1 aromatic heterocycles. The van der Waals surface area contributed by atoms with Crippen LogP contribution in [0.2, 0.25) is 0 Å². The van der Waals surface area contributed by atoms with Crippen LogP contribution in [-0.2, 0) is 20.9 Å². The molecule has 1 aliphatic rings. The normalized spacial score (nSPS) is 23.0. The number of hydrogen-bond donors (Lipinski definition) is 3. The maximum absolute atomic E-state index is 12.5. The number of aromatic nitrogens is 1. The Labute approximate surface area is 148 Å². The third-order valence-corrected chi connectivity index (χ3v) is 4.37. The molecule has 3 atom stereocenters. The second kappa shape index (κ2) is 10.1. The van der Waals surface area contributed by atoms with E-state index >= 15 is 0 Å². The van der Waals surface area contributed by atoms with Gasteiger partial charge in [-0.05, 0) is 37.3 Å². The lowest BCUT2D eigenvalue weighted by Crippen LogP contribution is -2.51. The first-order valence-electron chi connectivity index (χ1n) is 8.82. The lowest BCUT2D eigenvalue weighted by Gasteiger charge is -2.35. The Morgan fingerprint density at radius 1 is 1.40 bits per heavy atom. The molecule has 1 fully saturated rings. The molecule has 3 N–H and O–H groups in total. The summed E-state index contributed by atoms with van der Waals surface area (Å²) in [4.78, 5) is 28.0. The van der Waals surface area contributed by atoms with Crippen molar-refractivity contribution in [1.29, 1.82) is 0 Å². The summed E-state index contributed by atoms with van der Waals surface area (Å²) in [5, 5.41) is 14.7. The lowest BCUT2D eigenvalue weighted by molar-refractivity contribution is -0.131. The van der Waals surface area contributed by atoms with Crippen LogP contribution >= 0.6 is 0 Å². The summed E-state index contributed by atoms with van der Waals surface area (Å²) in [7, 11) is 0. The van der Waals surface area contributed by atoms with Crippen LogP contribution in [-0.4, -0.2) is 47.3 Å². The largest absolute Gasteiger partial charge is 0.387 e. The molecule has 25 heavy (non-hydrogen) atoms. The predicted octanol–water partition coefficient (Wildman–Crippen LogP) is 0.770. The zero-order valence-corrected chi connectivity index (χ0v) is 14.6. The molecule has 0 aliphatic heterocycles. The number of ether oxygens (including phenoxy) is 1. The molecule has 0 unspecified atom stereocenters. The van der Waals surface area contributed by atoms with Gasteiger partial charge in [-0.1, -0.05) is 13.0 Å². The van der Waals surface area contributed by atoms with Gasteiger partial charge < -0.3 is 20.5 Å². The molecule has 7 heteroatoms. The van der Waals surface area contributed by atoms with Crippen molar-refractivity contribution >= 4 is 11.8 Å². The van der Waals surface area contributed by atoms with E-state index in [1.165, 1.54) is 0 Å².